The highest BCUT2D eigenvalue weighted by atomic mass is 19.4. The second-order valence-corrected chi connectivity index (χ2v) is 6.91. The maximum absolute atomic E-state index is 12.5. The van der Waals surface area contributed by atoms with Gasteiger partial charge in [0, 0.05) is 25.4 Å². The van der Waals surface area contributed by atoms with Gasteiger partial charge in [0.15, 0.2) is 0 Å². The predicted molar refractivity (Wildman–Crippen MR) is 102 cm³/mol. The third kappa shape index (κ3) is 7.40. The normalized spacial score (nSPS) is 16.8. The Morgan fingerprint density at radius 2 is 1.86 bits per heavy atom. The summed E-state index contributed by atoms with van der Waals surface area (Å²) in [7, 11) is 0. The van der Waals surface area contributed by atoms with E-state index in [0.717, 1.165) is 37.1 Å². The molecule has 29 heavy (non-hydrogen) atoms. The fourth-order valence-electron chi connectivity index (χ4n) is 3.25. The number of amides is 1. The highest BCUT2D eigenvalue weighted by Crippen LogP contribution is 2.24. The zero-order valence-electron chi connectivity index (χ0n) is 15.8. The number of nitrogens with one attached hydrogen (secondary N) is 1. The van der Waals surface area contributed by atoms with Crippen LogP contribution in [-0.2, 0) is 16.1 Å². The van der Waals surface area contributed by atoms with Crippen LogP contribution in [0.2, 0.25) is 0 Å². The van der Waals surface area contributed by atoms with Gasteiger partial charge in [-0.2, -0.15) is 0 Å². The SMILES string of the molecule is O=C(CN(Cc1ccccc1)CC1CCCO1)Nc1ccc(OC(F)(F)F)cc1. The van der Waals surface area contributed by atoms with Gasteiger partial charge in [0.25, 0.3) is 0 Å². The van der Waals surface area contributed by atoms with Gasteiger partial charge < -0.3 is 14.8 Å². The summed E-state index contributed by atoms with van der Waals surface area (Å²) < 4.78 is 46.2. The molecular weight excluding hydrogens is 385 g/mol. The monoisotopic (exact) mass is 408 g/mol. The van der Waals surface area contributed by atoms with Crippen molar-refractivity contribution >= 4 is 11.6 Å². The second-order valence-electron chi connectivity index (χ2n) is 6.91. The third-order valence-electron chi connectivity index (χ3n) is 4.47. The van der Waals surface area contributed by atoms with Gasteiger partial charge >= 0.3 is 6.36 Å². The Morgan fingerprint density at radius 1 is 1.14 bits per heavy atom. The molecule has 1 fully saturated rings. The molecular formula is C21H23F3N2O3. The molecule has 1 aliphatic heterocycles. The summed E-state index contributed by atoms with van der Waals surface area (Å²) in [5.41, 5.74) is 1.49. The van der Waals surface area contributed by atoms with E-state index in [1.807, 2.05) is 35.2 Å². The van der Waals surface area contributed by atoms with Crippen LogP contribution < -0.4 is 10.1 Å². The maximum Gasteiger partial charge on any atom is 0.573 e. The molecule has 0 aromatic heterocycles. The van der Waals surface area contributed by atoms with E-state index in [1.54, 1.807) is 0 Å². The van der Waals surface area contributed by atoms with E-state index in [0.29, 0.717) is 18.8 Å². The van der Waals surface area contributed by atoms with Gasteiger partial charge in [0.1, 0.15) is 5.75 Å². The molecule has 1 unspecified atom stereocenters. The minimum atomic E-state index is -4.75. The van der Waals surface area contributed by atoms with Gasteiger partial charge in [-0.05, 0) is 42.7 Å². The van der Waals surface area contributed by atoms with E-state index < -0.39 is 6.36 Å². The molecule has 1 amide bonds. The van der Waals surface area contributed by atoms with Crippen molar-refractivity contribution in [1.82, 2.24) is 4.90 Å². The third-order valence-corrected chi connectivity index (χ3v) is 4.47. The van der Waals surface area contributed by atoms with Gasteiger partial charge in [-0.1, -0.05) is 30.3 Å². The van der Waals surface area contributed by atoms with Gasteiger partial charge in [-0.25, -0.2) is 0 Å². The Bertz CT molecular complexity index is 776. The Hall–Kier alpha value is -2.58. The molecule has 1 heterocycles. The lowest BCUT2D eigenvalue weighted by molar-refractivity contribution is -0.274. The number of hydrogen-bond acceptors (Lipinski definition) is 4. The van der Waals surface area contributed by atoms with Crippen molar-refractivity contribution in [1.29, 1.82) is 0 Å². The minimum absolute atomic E-state index is 0.102. The Morgan fingerprint density at radius 3 is 2.48 bits per heavy atom. The van der Waals surface area contributed by atoms with E-state index in [-0.39, 0.29) is 24.3 Å². The molecule has 0 aliphatic carbocycles. The molecule has 1 atom stereocenters. The predicted octanol–water partition coefficient (Wildman–Crippen LogP) is 4.20. The smallest absolute Gasteiger partial charge is 0.406 e. The number of alkyl halides is 3. The van der Waals surface area contributed by atoms with Crippen molar-refractivity contribution in [3.8, 4) is 5.75 Å². The molecule has 156 valence electrons. The fourth-order valence-corrected chi connectivity index (χ4v) is 3.25. The topological polar surface area (TPSA) is 50.8 Å². The standard InChI is InChI=1S/C21H23F3N2O3/c22-21(23,24)29-18-10-8-17(9-11-18)25-20(27)15-26(14-19-7-4-12-28-19)13-16-5-2-1-3-6-16/h1-3,5-6,8-11,19H,4,7,12-15H2,(H,25,27). The maximum atomic E-state index is 12.5. The summed E-state index contributed by atoms with van der Waals surface area (Å²) in [6.45, 7) is 2.13. The minimum Gasteiger partial charge on any atom is -0.406 e. The summed E-state index contributed by atoms with van der Waals surface area (Å²) in [4.78, 5) is 14.5. The van der Waals surface area contributed by atoms with Crippen molar-refractivity contribution in [2.24, 2.45) is 0 Å². The first-order chi connectivity index (χ1) is 13.9. The summed E-state index contributed by atoms with van der Waals surface area (Å²) in [6, 6.07) is 14.9. The number of rotatable bonds is 8. The molecule has 8 heteroatoms. The number of halogens is 3. The molecule has 0 spiro atoms. The zero-order valence-corrected chi connectivity index (χ0v) is 15.8. The molecule has 1 aliphatic rings. The number of hydrogen-bond donors (Lipinski definition) is 1. The number of anilines is 1. The lowest BCUT2D eigenvalue weighted by Crippen LogP contribution is -2.37. The lowest BCUT2D eigenvalue weighted by atomic mass is 10.2. The number of ether oxygens (including phenoxy) is 2. The molecule has 0 saturated carbocycles. The van der Waals surface area contributed by atoms with E-state index in [2.05, 4.69) is 10.1 Å². The molecule has 0 bridgehead atoms. The first kappa shape index (κ1) is 21.1. The van der Waals surface area contributed by atoms with Gasteiger partial charge in [-0.15, -0.1) is 13.2 Å². The number of carbonyl (C=O) groups excluding carboxylic acids is 1. The van der Waals surface area contributed by atoms with Crippen molar-refractivity contribution in [2.75, 3.05) is 25.0 Å². The van der Waals surface area contributed by atoms with E-state index >= 15 is 0 Å². The van der Waals surface area contributed by atoms with E-state index in [9.17, 15) is 18.0 Å². The number of benzene rings is 2. The zero-order chi connectivity index (χ0) is 20.7. The average molecular weight is 408 g/mol. The fraction of sp³-hybridized carbons (Fsp3) is 0.381. The van der Waals surface area contributed by atoms with E-state index in [1.165, 1.54) is 12.1 Å². The quantitative estimate of drug-likeness (QED) is 0.711. The Kier molecular flexibility index (Phi) is 7.11. The van der Waals surface area contributed by atoms with Crippen LogP contribution in [0.1, 0.15) is 18.4 Å². The van der Waals surface area contributed by atoms with Gasteiger partial charge in [-0.3, -0.25) is 9.69 Å². The summed E-state index contributed by atoms with van der Waals surface area (Å²) in [5, 5.41) is 2.71. The van der Waals surface area contributed by atoms with Gasteiger partial charge in [0.2, 0.25) is 5.91 Å². The molecule has 0 radical (unpaired) electrons. The van der Waals surface area contributed by atoms with Crippen LogP contribution in [0.3, 0.4) is 0 Å². The summed E-state index contributed by atoms with van der Waals surface area (Å²) in [5.74, 6) is -0.581. The summed E-state index contributed by atoms with van der Waals surface area (Å²) in [6.07, 6.45) is -2.66. The van der Waals surface area contributed by atoms with Crippen LogP contribution in [0.25, 0.3) is 0 Å². The van der Waals surface area contributed by atoms with E-state index in [4.69, 9.17) is 4.74 Å². The highest BCUT2D eigenvalue weighted by molar-refractivity contribution is 5.92. The van der Waals surface area contributed by atoms with Crippen LogP contribution in [0.4, 0.5) is 18.9 Å². The first-order valence-corrected chi connectivity index (χ1v) is 9.41. The molecule has 2 aromatic carbocycles. The van der Waals surface area contributed by atoms with Crippen LogP contribution in [0.5, 0.6) is 5.75 Å². The van der Waals surface area contributed by atoms with Crippen molar-refractivity contribution in [2.45, 2.75) is 31.9 Å². The van der Waals surface area contributed by atoms with Crippen molar-refractivity contribution in [3.63, 3.8) is 0 Å². The summed E-state index contributed by atoms with van der Waals surface area (Å²) >= 11 is 0. The molecule has 2 aromatic rings. The Labute approximate surface area is 167 Å². The largest absolute Gasteiger partial charge is 0.573 e. The van der Waals surface area contributed by atoms with Crippen molar-refractivity contribution in [3.05, 3.63) is 60.2 Å². The highest BCUT2D eigenvalue weighted by Gasteiger charge is 2.31. The van der Waals surface area contributed by atoms with Crippen LogP contribution in [-0.4, -0.2) is 43.0 Å². The van der Waals surface area contributed by atoms with Gasteiger partial charge in [0.05, 0.1) is 12.6 Å². The first-order valence-electron chi connectivity index (χ1n) is 9.41. The second kappa shape index (κ2) is 9.76. The van der Waals surface area contributed by atoms with Crippen LogP contribution >= 0.6 is 0 Å². The molecule has 5 nitrogen and oxygen atoms in total. The van der Waals surface area contributed by atoms with Crippen LogP contribution in [0, 0.1) is 0 Å². The number of nitrogens with zero attached hydrogens (tertiary/aromatic N) is 1. The average Bonchev–Trinajstić information content (AvgIpc) is 3.16. The van der Waals surface area contributed by atoms with Crippen LogP contribution in [0.15, 0.2) is 54.6 Å². The lowest BCUT2D eigenvalue weighted by Gasteiger charge is -2.24. The molecule has 1 N–H and O–H groups in total. The van der Waals surface area contributed by atoms with Crippen molar-refractivity contribution < 1.29 is 27.4 Å². The number of carbonyl (C=O) groups is 1. The molecule has 1 saturated heterocycles. The molecule has 3 rings (SSSR count). The Balaban J connectivity index is 1.58.